The fourth-order valence-electron chi connectivity index (χ4n) is 2.65. The predicted molar refractivity (Wildman–Crippen MR) is 99.5 cm³/mol. The molecule has 132 valence electrons. The molecule has 0 fully saturated rings. The number of hydrogen-bond acceptors (Lipinski definition) is 4. The van der Waals surface area contributed by atoms with Gasteiger partial charge in [-0.1, -0.05) is 44.2 Å². The Hall–Kier alpha value is -2.34. The fourth-order valence-corrected chi connectivity index (χ4v) is 3.83. The maximum absolute atomic E-state index is 12.7. The lowest BCUT2D eigenvalue weighted by Gasteiger charge is -2.15. The van der Waals surface area contributed by atoms with E-state index < -0.39 is 10.0 Å². The first-order valence-electron chi connectivity index (χ1n) is 8.27. The molecule has 0 aliphatic carbocycles. The number of rotatable bonds is 5. The Morgan fingerprint density at radius 2 is 1.84 bits per heavy atom. The van der Waals surface area contributed by atoms with Crippen molar-refractivity contribution in [3.8, 4) is 0 Å². The van der Waals surface area contributed by atoms with Crippen molar-refractivity contribution in [3.05, 3.63) is 59.7 Å². The molecule has 3 rings (SSSR count). The summed E-state index contributed by atoms with van der Waals surface area (Å²) in [6, 6.07) is 14.0. The second-order valence-electron chi connectivity index (χ2n) is 6.47. The highest BCUT2D eigenvalue weighted by atomic mass is 32.2. The first-order valence-corrected chi connectivity index (χ1v) is 9.75. The highest BCUT2D eigenvalue weighted by molar-refractivity contribution is 7.92. The molecular weight excluding hydrogens is 336 g/mol. The van der Waals surface area contributed by atoms with Gasteiger partial charge < -0.3 is 4.74 Å². The van der Waals surface area contributed by atoms with Crippen molar-refractivity contribution in [3.63, 3.8) is 0 Å². The molecule has 5 nitrogen and oxygen atoms in total. The number of hydrogen-bond donors (Lipinski definition) is 1. The molecule has 2 aromatic rings. The molecular formula is C19H22N2O3S. The predicted octanol–water partition coefficient (Wildman–Crippen LogP) is 3.60. The van der Waals surface area contributed by atoms with Crippen LogP contribution in [0.2, 0.25) is 0 Å². The topological polar surface area (TPSA) is 67.8 Å². The third-order valence-electron chi connectivity index (χ3n) is 4.24. The van der Waals surface area contributed by atoms with Crippen LogP contribution >= 0.6 is 0 Å². The normalized spacial score (nSPS) is 17.3. The van der Waals surface area contributed by atoms with Crippen LogP contribution in [0.25, 0.3) is 0 Å². The molecule has 0 amide bonds. The number of ether oxygens (including phenoxy) is 1. The van der Waals surface area contributed by atoms with Crippen molar-refractivity contribution >= 4 is 21.6 Å². The summed E-state index contributed by atoms with van der Waals surface area (Å²) in [5.41, 5.74) is 1.99. The average molecular weight is 358 g/mol. The zero-order chi connectivity index (χ0) is 18.0. The Bertz CT molecular complexity index is 890. The molecule has 1 N–H and O–H groups in total. The van der Waals surface area contributed by atoms with Gasteiger partial charge in [0.25, 0.3) is 10.0 Å². The van der Waals surface area contributed by atoms with Gasteiger partial charge in [0.05, 0.1) is 22.2 Å². The van der Waals surface area contributed by atoms with Crippen LogP contribution in [0.3, 0.4) is 0 Å². The third-order valence-corrected chi connectivity index (χ3v) is 5.60. The molecule has 1 atom stereocenters. The maximum atomic E-state index is 12.7. The smallest absolute Gasteiger partial charge is 0.261 e. The van der Waals surface area contributed by atoms with E-state index in [1.807, 2.05) is 25.1 Å². The van der Waals surface area contributed by atoms with Gasteiger partial charge in [0.15, 0.2) is 0 Å². The van der Waals surface area contributed by atoms with Crippen molar-refractivity contribution in [1.82, 2.24) is 0 Å². The van der Waals surface area contributed by atoms with Crippen LogP contribution < -0.4 is 4.72 Å². The molecule has 25 heavy (non-hydrogen) atoms. The van der Waals surface area contributed by atoms with Gasteiger partial charge in [0.2, 0.25) is 5.90 Å². The zero-order valence-corrected chi connectivity index (χ0v) is 15.4. The maximum Gasteiger partial charge on any atom is 0.261 e. The van der Waals surface area contributed by atoms with Gasteiger partial charge >= 0.3 is 0 Å². The second kappa shape index (κ2) is 6.88. The van der Waals surface area contributed by atoms with Gasteiger partial charge in [-0.3, -0.25) is 4.72 Å². The summed E-state index contributed by atoms with van der Waals surface area (Å²) in [7, 11) is -3.68. The zero-order valence-electron chi connectivity index (χ0n) is 14.6. The van der Waals surface area contributed by atoms with E-state index in [2.05, 4.69) is 23.6 Å². The lowest BCUT2D eigenvalue weighted by atomic mass is 10.1. The number of nitrogens with one attached hydrogen (secondary N) is 1. The van der Waals surface area contributed by atoms with Crippen molar-refractivity contribution in [2.75, 3.05) is 11.3 Å². The molecule has 0 unspecified atom stereocenters. The molecule has 1 aliphatic rings. The Kier molecular flexibility index (Phi) is 4.81. The summed E-state index contributed by atoms with van der Waals surface area (Å²) in [6.45, 7) is 6.57. The molecule has 0 bridgehead atoms. The van der Waals surface area contributed by atoms with Crippen molar-refractivity contribution in [2.24, 2.45) is 10.9 Å². The number of sulfonamides is 1. The van der Waals surface area contributed by atoms with E-state index >= 15 is 0 Å². The molecule has 1 aliphatic heterocycles. The van der Waals surface area contributed by atoms with Crippen LogP contribution in [-0.4, -0.2) is 27.0 Å². The van der Waals surface area contributed by atoms with E-state index in [4.69, 9.17) is 4.74 Å². The number of para-hydroxylation sites is 1. The third kappa shape index (κ3) is 3.69. The number of anilines is 1. The summed E-state index contributed by atoms with van der Waals surface area (Å²) in [6.07, 6.45) is 0. The summed E-state index contributed by atoms with van der Waals surface area (Å²) >= 11 is 0. The van der Waals surface area contributed by atoms with E-state index in [1.54, 1.807) is 30.3 Å². The molecule has 2 aromatic carbocycles. The molecule has 0 radical (unpaired) electrons. The van der Waals surface area contributed by atoms with Crippen LogP contribution in [0.1, 0.15) is 25.0 Å². The molecule has 0 aromatic heterocycles. The number of nitrogens with zero attached hydrogens (tertiary/aromatic N) is 1. The van der Waals surface area contributed by atoms with E-state index in [0.717, 1.165) is 5.56 Å². The number of aryl methyl sites for hydroxylation is 1. The van der Waals surface area contributed by atoms with Crippen molar-refractivity contribution < 1.29 is 13.2 Å². The van der Waals surface area contributed by atoms with Crippen molar-refractivity contribution in [1.29, 1.82) is 0 Å². The van der Waals surface area contributed by atoms with E-state index in [-0.39, 0.29) is 10.9 Å². The quantitative estimate of drug-likeness (QED) is 0.888. The molecule has 0 saturated heterocycles. The Labute approximate surface area is 148 Å². The SMILES string of the molecule is Cc1cccc(C2=N[C@@H](C(C)C)CO2)c1NS(=O)(=O)c1ccccc1. The highest BCUT2D eigenvalue weighted by Gasteiger charge is 2.26. The molecule has 1 heterocycles. The number of benzene rings is 2. The lowest BCUT2D eigenvalue weighted by molar-refractivity contribution is 0.292. The molecule has 0 saturated carbocycles. The summed E-state index contributed by atoms with van der Waals surface area (Å²) in [5.74, 6) is 0.861. The fraction of sp³-hybridized carbons (Fsp3) is 0.316. The van der Waals surface area contributed by atoms with Crippen LogP contribution in [0.5, 0.6) is 0 Å². The number of aliphatic imine (C=N–C) groups is 1. The molecule has 0 spiro atoms. The van der Waals surface area contributed by atoms with Crippen LogP contribution in [0, 0.1) is 12.8 Å². The standard InChI is InChI=1S/C19H22N2O3S/c1-13(2)17-12-24-19(20-17)16-11-7-8-14(3)18(16)21-25(22,23)15-9-5-4-6-10-15/h4-11,13,17,21H,12H2,1-3H3/t17-/m1/s1. The average Bonchev–Trinajstić information content (AvgIpc) is 3.07. The largest absolute Gasteiger partial charge is 0.475 e. The minimum atomic E-state index is -3.68. The van der Waals surface area contributed by atoms with Gasteiger partial charge in [-0.25, -0.2) is 13.4 Å². The Morgan fingerprint density at radius 1 is 1.12 bits per heavy atom. The lowest BCUT2D eigenvalue weighted by Crippen LogP contribution is -2.17. The van der Waals surface area contributed by atoms with E-state index in [9.17, 15) is 8.42 Å². The van der Waals surface area contributed by atoms with Crippen molar-refractivity contribution in [2.45, 2.75) is 31.7 Å². The van der Waals surface area contributed by atoms with Gasteiger partial charge in [0, 0.05) is 0 Å². The van der Waals surface area contributed by atoms with Gasteiger partial charge in [0.1, 0.15) is 6.61 Å². The Morgan fingerprint density at radius 3 is 2.48 bits per heavy atom. The van der Waals surface area contributed by atoms with Crippen LogP contribution in [0.15, 0.2) is 58.4 Å². The van der Waals surface area contributed by atoms with Crippen LogP contribution in [-0.2, 0) is 14.8 Å². The minimum absolute atomic E-state index is 0.0918. The highest BCUT2D eigenvalue weighted by Crippen LogP contribution is 2.28. The Balaban J connectivity index is 1.99. The summed E-state index contributed by atoms with van der Waals surface area (Å²) < 4.78 is 33.9. The minimum Gasteiger partial charge on any atom is -0.475 e. The van der Waals surface area contributed by atoms with Gasteiger partial charge in [-0.15, -0.1) is 0 Å². The van der Waals surface area contributed by atoms with E-state index in [0.29, 0.717) is 29.7 Å². The first-order chi connectivity index (χ1) is 11.9. The van der Waals surface area contributed by atoms with Gasteiger partial charge in [-0.05, 0) is 36.6 Å². The van der Waals surface area contributed by atoms with E-state index in [1.165, 1.54) is 0 Å². The van der Waals surface area contributed by atoms with Gasteiger partial charge in [-0.2, -0.15) is 0 Å². The molecule has 6 heteroatoms. The second-order valence-corrected chi connectivity index (χ2v) is 8.16. The first kappa shape index (κ1) is 17.5. The summed E-state index contributed by atoms with van der Waals surface area (Å²) in [5, 5.41) is 0. The monoisotopic (exact) mass is 358 g/mol. The summed E-state index contributed by atoms with van der Waals surface area (Å²) in [4.78, 5) is 4.84. The van der Waals surface area contributed by atoms with Crippen LogP contribution in [0.4, 0.5) is 5.69 Å².